The molecule has 0 bridgehead atoms. The van der Waals surface area contributed by atoms with Crippen molar-refractivity contribution in [3.8, 4) is 11.5 Å². The van der Waals surface area contributed by atoms with Gasteiger partial charge in [0.1, 0.15) is 6.54 Å². The van der Waals surface area contributed by atoms with Crippen molar-refractivity contribution in [2.24, 2.45) is 0 Å². The molecule has 0 spiro atoms. The van der Waals surface area contributed by atoms with Crippen LogP contribution in [0.4, 0.5) is 5.69 Å². The highest BCUT2D eigenvalue weighted by atomic mass is 32.2. The summed E-state index contributed by atoms with van der Waals surface area (Å²) in [6.07, 6.45) is 5.23. The fourth-order valence-corrected chi connectivity index (χ4v) is 6.70. The third kappa shape index (κ3) is 6.38. The molecule has 4 rings (SSSR count). The second-order valence-electron chi connectivity index (χ2n) is 10.1. The van der Waals surface area contributed by atoms with Crippen LogP contribution in [0.15, 0.2) is 59.5 Å². The molecule has 8 heteroatoms. The Morgan fingerprint density at radius 3 is 2.21 bits per heavy atom. The molecule has 0 unspecified atom stereocenters. The molecule has 1 amide bonds. The van der Waals surface area contributed by atoms with Gasteiger partial charge in [0.2, 0.25) is 5.91 Å². The predicted octanol–water partition coefficient (Wildman–Crippen LogP) is 5.66. The average molecular weight is 551 g/mol. The number of aryl methyl sites for hydroxylation is 4. The Hall–Kier alpha value is -3.52. The van der Waals surface area contributed by atoms with Crippen LogP contribution in [-0.4, -0.2) is 35.1 Å². The topological polar surface area (TPSA) is 84.9 Å². The first-order valence-electron chi connectivity index (χ1n) is 13.4. The summed E-state index contributed by atoms with van der Waals surface area (Å²) in [6, 6.07) is 16.2. The van der Waals surface area contributed by atoms with Crippen LogP contribution in [0.3, 0.4) is 0 Å². The van der Waals surface area contributed by atoms with E-state index in [0.717, 1.165) is 29.5 Å². The van der Waals surface area contributed by atoms with E-state index in [1.54, 1.807) is 18.2 Å². The second-order valence-corrected chi connectivity index (χ2v) is 12.0. The summed E-state index contributed by atoms with van der Waals surface area (Å²) in [5.74, 6) is 0.340. The normalized spacial score (nSPS) is 13.8. The maximum atomic E-state index is 14.0. The van der Waals surface area contributed by atoms with Crippen molar-refractivity contribution in [1.82, 2.24) is 5.32 Å². The number of rotatable bonds is 10. The zero-order valence-electron chi connectivity index (χ0n) is 23.4. The van der Waals surface area contributed by atoms with Gasteiger partial charge in [0.25, 0.3) is 10.0 Å². The Labute approximate surface area is 232 Å². The molecule has 0 fully saturated rings. The number of ether oxygens (including phenoxy) is 2. The number of nitrogens with zero attached hydrogens (tertiary/aromatic N) is 1. The molecule has 0 aromatic heterocycles. The molecule has 3 aromatic carbocycles. The third-order valence-electron chi connectivity index (χ3n) is 7.24. The minimum absolute atomic E-state index is 0.00818. The first kappa shape index (κ1) is 28.5. The van der Waals surface area contributed by atoms with Gasteiger partial charge in [-0.05, 0) is 98.0 Å². The van der Waals surface area contributed by atoms with E-state index in [1.165, 1.54) is 54.6 Å². The molecule has 0 saturated carbocycles. The number of amides is 1. The summed E-state index contributed by atoms with van der Waals surface area (Å²) < 4.78 is 39.8. The Balaban J connectivity index is 1.66. The predicted molar refractivity (Wildman–Crippen MR) is 154 cm³/mol. The van der Waals surface area contributed by atoms with Crippen molar-refractivity contribution in [3.05, 3.63) is 82.4 Å². The van der Waals surface area contributed by atoms with Crippen molar-refractivity contribution in [3.63, 3.8) is 0 Å². The maximum absolute atomic E-state index is 14.0. The van der Waals surface area contributed by atoms with Crippen LogP contribution in [0, 0.1) is 13.8 Å². The summed E-state index contributed by atoms with van der Waals surface area (Å²) in [6.45, 7) is 5.47. The fourth-order valence-electron chi connectivity index (χ4n) is 5.28. The standard InChI is InChI=1S/C31H38N2O5S/c1-6-28(25-12-11-23-9-7-8-10-24(23)18-25)32-31(34)20-33(26-16-21(2)15-22(3)17-26)39(35,36)27-13-14-29(37-4)30(19-27)38-5/h11-19,28H,6-10,20H2,1-5H3,(H,32,34)/t28-/m1/s1. The van der Waals surface area contributed by atoms with E-state index >= 15 is 0 Å². The molecule has 7 nitrogen and oxygen atoms in total. The van der Waals surface area contributed by atoms with Gasteiger partial charge >= 0.3 is 0 Å². The lowest BCUT2D eigenvalue weighted by Gasteiger charge is -2.27. The summed E-state index contributed by atoms with van der Waals surface area (Å²) in [5.41, 5.74) is 6.01. The lowest BCUT2D eigenvalue weighted by atomic mass is 9.89. The number of carbonyl (C=O) groups excluding carboxylic acids is 1. The molecule has 39 heavy (non-hydrogen) atoms. The Morgan fingerprint density at radius 1 is 0.897 bits per heavy atom. The highest BCUT2D eigenvalue weighted by molar-refractivity contribution is 7.92. The lowest BCUT2D eigenvalue weighted by Crippen LogP contribution is -2.42. The molecule has 1 aliphatic rings. The van der Waals surface area contributed by atoms with Gasteiger partial charge in [-0.25, -0.2) is 8.42 Å². The SMILES string of the molecule is CC[C@@H](NC(=O)CN(c1cc(C)cc(C)c1)S(=O)(=O)c1ccc(OC)c(OC)c1)c1ccc2c(c1)CCCC2. The highest BCUT2D eigenvalue weighted by Crippen LogP contribution is 2.33. The van der Waals surface area contributed by atoms with E-state index in [4.69, 9.17) is 9.47 Å². The number of sulfonamides is 1. The summed E-state index contributed by atoms with van der Waals surface area (Å²) in [7, 11) is -1.18. The van der Waals surface area contributed by atoms with Gasteiger partial charge in [0, 0.05) is 6.07 Å². The van der Waals surface area contributed by atoms with Crippen molar-refractivity contribution < 1.29 is 22.7 Å². The smallest absolute Gasteiger partial charge is 0.264 e. The fraction of sp³-hybridized carbons (Fsp3) is 0.387. The number of hydrogen-bond acceptors (Lipinski definition) is 5. The molecule has 0 aliphatic heterocycles. The van der Waals surface area contributed by atoms with Crippen LogP contribution in [0.1, 0.15) is 60.0 Å². The first-order chi connectivity index (χ1) is 18.7. The molecule has 3 aromatic rings. The zero-order chi connectivity index (χ0) is 28.2. The largest absolute Gasteiger partial charge is 0.493 e. The number of anilines is 1. The van der Waals surface area contributed by atoms with Gasteiger partial charge in [0.15, 0.2) is 11.5 Å². The van der Waals surface area contributed by atoms with Crippen LogP contribution in [0.2, 0.25) is 0 Å². The van der Waals surface area contributed by atoms with E-state index in [9.17, 15) is 13.2 Å². The maximum Gasteiger partial charge on any atom is 0.264 e. The molecule has 0 saturated heterocycles. The van der Waals surface area contributed by atoms with Gasteiger partial charge in [-0.3, -0.25) is 9.10 Å². The number of methoxy groups -OCH3 is 2. The minimum atomic E-state index is -4.12. The monoisotopic (exact) mass is 550 g/mol. The van der Waals surface area contributed by atoms with E-state index in [1.807, 2.05) is 26.8 Å². The molecule has 1 N–H and O–H groups in total. The van der Waals surface area contributed by atoms with Crippen LogP contribution < -0.4 is 19.1 Å². The van der Waals surface area contributed by atoms with Crippen LogP contribution >= 0.6 is 0 Å². The average Bonchev–Trinajstić information content (AvgIpc) is 2.93. The van der Waals surface area contributed by atoms with E-state index in [-0.39, 0.29) is 23.4 Å². The number of hydrogen-bond donors (Lipinski definition) is 1. The van der Waals surface area contributed by atoms with E-state index < -0.39 is 10.0 Å². The van der Waals surface area contributed by atoms with Gasteiger partial charge in [-0.2, -0.15) is 0 Å². The Bertz CT molecular complexity index is 1430. The molecular formula is C31H38N2O5S. The molecule has 0 radical (unpaired) electrons. The Kier molecular flexibility index (Phi) is 8.85. The number of benzene rings is 3. The number of nitrogens with one attached hydrogen (secondary N) is 1. The molecule has 1 aliphatic carbocycles. The van der Waals surface area contributed by atoms with Crippen LogP contribution in [0.5, 0.6) is 11.5 Å². The van der Waals surface area contributed by atoms with Crippen LogP contribution in [-0.2, 0) is 27.7 Å². The molecule has 0 heterocycles. The quantitative estimate of drug-likeness (QED) is 0.352. The van der Waals surface area contributed by atoms with E-state index in [2.05, 4.69) is 23.5 Å². The minimum Gasteiger partial charge on any atom is -0.493 e. The molecular weight excluding hydrogens is 512 g/mol. The van der Waals surface area contributed by atoms with E-state index in [0.29, 0.717) is 23.6 Å². The van der Waals surface area contributed by atoms with Crippen molar-refractivity contribution in [1.29, 1.82) is 0 Å². The van der Waals surface area contributed by atoms with Gasteiger partial charge in [0.05, 0.1) is 30.8 Å². The van der Waals surface area contributed by atoms with Crippen molar-refractivity contribution in [2.45, 2.75) is 63.8 Å². The van der Waals surface area contributed by atoms with Crippen molar-refractivity contribution in [2.75, 3.05) is 25.1 Å². The van der Waals surface area contributed by atoms with Gasteiger partial charge < -0.3 is 14.8 Å². The molecule has 208 valence electrons. The summed E-state index contributed by atoms with van der Waals surface area (Å²) in [4.78, 5) is 13.5. The Morgan fingerprint density at radius 2 is 1.56 bits per heavy atom. The van der Waals surface area contributed by atoms with Gasteiger partial charge in [-0.1, -0.05) is 31.2 Å². The first-order valence-corrected chi connectivity index (χ1v) is 14.8. The zero-order valence-corrected chi connectivity index (χ0v) is 24.2. The van der Waals surface area contributed by atoms with Gasteiger partial charge in [-0.15, -0.1) is 0 Å². The molecule has 1 atom stereocenters. The number of carbonyl (C=O) groups is 1. The van der Waals surface area contributed by atoms with Crippen LogP contribution in [0.25, 0.3) is 0 Å². The third-order valence-corrected chi connectivity index (χ3v) is 9.01. The lowest BCUT2D eigenvalue weighted by molar-refractivity contribution is -0.120. The van der Waals surface area contributed by atoms with Crippen molar-refractivity contribution >= 4 is 21.6 Å². The summed E-state index contributed by atoms with van der Waals surface area (Å²) >= 11 is 0. The summed E-state index contributed by atoms with van der Waals surface area (Å²) in [5, 5.41) is 3.09. The highest BCUT2D eigenvalue weighted by Gasteiger charge is 2.29. The second kappa shape index (κ2) is 12.1. The number of fused-ring (bicyclic) bond motifs is 1.